The molecule has 9 heteroatoms. The summed E-state index contributed by atoms with van der Waals surface area (Å²) in [6.07, 6.45) is 2.42. The van der Waals surface area contributed by atoms with Gasteiger partial charge in [-0.25, -0.2) is 9.78 Å². The van der Waals surface area contributed by atoms with E-state index in [-0.39, 0.29) is 17.1 Å². The number of ether oxygens (including phenoxy) is 1. The van der Waals surface area contributed by atoms with Crippen molar-refractivity contribution in [3.05, 3.63) is 68.0 Å². The van der Waals surface area contributed by atoms with Crippen molar-refractivity contribution >= 4 is 34.4 Å². The topological polar surface area (TPSA) is 98.5 Å². The molecule has 4 heterocycles. The van der Waals surface area contributed by atoms with Gasteiger partial charge in [-0.2, -0.15) is 0 Å². The lowest BCUT2D eigenvalue weighted by Gasteiger charge is -2.29. The number of para-hydroxylation sites is 1. The number of anilines is 2. The van der Waals surface area contributed by atoms with E-state index in [1.165, 1.54) is 11.6 Å². The minimum atomic E-state index is -0.590. The number of aromatic nitrogens is 3. The summed E-state index contributed by atoms with van der Waals surface area (Å²) in [5.41, 5.74) is 0.848. The van der Waals surface area contributed by atoms with Crippen molar-refractivity contribution in [3.8, 4) is 0 Å². The lowest BCUT2D eigenvalue weighted by Crippen LogP contribution is -2.40. The Labute approximate surface area is 189 Å². The van der Waals surface area contributed by atoms with Crippen LogP contribution in [0.25, 0.3) is 17.0 Å². The minimum Gasteiger partial charge on any atom is -0.378 e. The Morgan fingerprint density at radius 3 is 2.67 bits per heavy atom. The Hall–Kier alpha value is -3.72. The summed E-state index contributed by atoms with van der Waals surface area (Å²) in [6.45, 7) is 4.94. The first-order chi connectivity index (χ1) is 16.0. The van der Waals surface area contributed by atoms with Crippen molar-refractivity contribution < 1.29 is 9.53 Å². The fraction of sp³-hybridized carbons (Fsp3) is 0.333. The lowest BCUT2D eigenvalue weighted by atomic mass is 10.1. The summed E-state index contributed by atoms with van der Waals surface area (Å²) >= 11 is 0. The number of rotatable bonds is 4. The Balaban J connectivity index is 1.66. The third-order valence-corrected chi connectivity index (χ3v) is 6.06. The molecule has 2 aromatic heterocycles. The Bertz CT molecular complexity index is 1410. The average Bonchev–Trinajstić information content (AvgIpc) is 3.16. The highest BCUT2D eigenvalue weighted by molar-refractivity contribution is 6.20. The van der Waals surface area contributed by atoms with Gasteiger partial charge in [0, 0.05) is 37.6 Å². The third kappa shape index (κ3) is 3.54. The van der Waals surface area contributed by atoms with E-state index in [0.717, 1.165) is 26.9 Å². The minimum absolute atomic E-state index is 0.00142. The van der Waals surface area contributed by atoms with Gasteiger partial charge in [-0.3, -0.25) is 18.7 Å². The maximum Gasteiger partial charge on any atom is 0.332 e. The van der Waals surface area contributed by atoms with Gasteiger partial charge in [0.05, 0.1) is 24.4 Å². The molecule has 9 nitrogen and oxygen atoms in total. The van der Waals surface area contributed by atoms with E-state index in [1.54, 1.807) is 6.08 Å². The number of pyridine rings is 1. The fourth-order valence-corrected chi connectivity index (χ4v) is 4.37. The second-order valence-electron chi connectivity index (χ2n) is 8.23. The van der Waals surface area contributed by atoms with Gasteiger partial charge < -0.3 is 15.0 Å². The zero-order valence-electron chi connectivity index (χ0n) is 18.6. The summed E-state index contributed by atoms with van der Waals surface area (Å²) in [5.74, 6) is 0.605. The van der Waals surface area contributed by atoms with Crippen LogP contribution in [0, 0.1) is 0 Å². The molecule has 33 heavy (non-hydrogen) atoms. The summed E-state index contributed by atoms with van der Waals surface area (Å²) < 4.78 is 7.94. The Morgan fingerprint density at radius 1 is 1.15 bits per heavy atom. The van der Waals surface area contributed by atoms with E-state index in [1.807, 2.05) is 37.3 Å². The van der Waals surface area contributed by atoms with E-state index < -0.39 is 17.0 Å². The molecule has 0 saturated carbocycles. The number of hydrogen-bond acceptors (Lipinski definition) is 7. The van der Waals surface area contributed by atoms with E-state index in [4.69, 9.17) is 9.72 Å². The highest BCUT2D eigenvalue weighted by Gasteiger charge is 2.33. The van der Waals surface area contributed by atoms with Crippen LogP contribution in [0.1, 0.15) is 29.3 Å². The molecule has 1 saturated heterocycles. The van der Waals surface area contributed by atoms with Gasteiger partial charge in [0.15, 0.2) is 0 Å². The fourth-order valence-electron chi connectivity index (χ4n) is 4.37. The number of hydrogen-bond donors (Lipinski definition) is 1. The number of ketones is 1. The lowest BCUT2D eigenvalue weighted by molar-refractivity contribution is 0.104. The van der Waals surface area contributed by atoms with E-state index in [0.29, 0.717) is 39.3 Å². The molecule has 3 aromatic rings. The number of Topliss-reactive ketones (excluding diaryl/α,β-unsaturated/α-hetero) is 1. The number of morpholine rings is 1. The number of fused-ring (bicyclic) bond motifs is 2. The molecule has 0 radical (unpaired) electrons. The van der Waals surface area contributed by atoms with Gasteiger partial charge in [0.1, 0.15) is 17.2 Å². The van der Waals surface area contributed by atoms with Gasteiger partial charge in [-0.1, -0.05) is 25.1 Å². The zero-order valence-corrected chi connectivity index (χ0v) is 18.6. The molecule has 1 N–H and O–H groups in total. The number of allylic oxidation sites excluding steroid dienone is 1. The first-order valence-corrected chi connectivity index (χ1v) is 11.1. The first-order valence-electron chi connectivity index (χ1n) is 11.1. The van der Waals surface area contributed by atoms with E-state index in [2.05, 4.69) is 10.2 Å². The second-order valence-corrected chi connectivity index (χ2v) is 8.23. The molecule has 0 unspecified atom stereocenters. The van der Waals surface area contributed by atoms with Gasteiger partial charge in [-0.05, 0) is 24.6 Å². The maximum atomic E-state index is 13.3. The quantitative estimate of drug-likeness (QED) is 0.611. The summed E-state index contributed by atoms with van der Waals surface area (Å²) in [5, 5.41) is 4.01. The first kappa shape index (κ1) is 21.1. The molecule has 0 spiro atoms. The maximum absolute atomic E-state index is 13.3. The van der Waals surface area contributed by atoms with Crippen LogP contribution >= 0.6 is 0 Å². The SMILES string of the molecule is CCCn1c2c(c(=O)n(C)c1=O)C(=O)/C(=C/c1cc3ccccc3nc1N1CCOCC1)N2. The highest BCUT2D eigenvalue weighted by atomic mass is 16.5. The predicted molar refractivity (Wildman–Crippen MR) is 127 cm³/mol. The second kappa shape index (κ2) is 8.32. The molecule has 0 aliphatic carbocycles. The van der Waals surface area contributed by atoms with E-state index >= 15 is 0 Å². The Kier molecular flexibility index (Phi) is 5.33. The number of carbonyl (C=O) groups is 1. The molecule has 170 valence electrons. The smallest absolute Gasteiger partial charge is 0.332 e. The van der Waals surface area contributed by atoms with Gasteiger partial charge in [-0.15, -0.1) is 0 Å². The van der Waals surface area contributed by atoms with Crippen molar-refractivity contribution in [3.63, 3.8) is 0 Å². The summed E-state index contributed by atoms with van der Waals surface area (Å²) in [7, 11) is 1.40. The molecule has 0 atom stereocenters. The molecular formula is C24H25N5O4. The average molecular weight is 447 g/mol. The van der Waals surface area contributed by atoms with Crippen molar-refractivity contribution in [2.45, 2.75) is 19.9 Å². The normalized spacial score (nSPS) is 17.0. The zero-order chi connectivity index (χ0) is 23.1. The highest BCUT2D eigenvalue weighted by Crippen LogP contribution is 2.30. The van der Waals surface area contributed by atoms with Crippen LogP contribution in [0.5, 0.6) is 0 Å². The van der Waals surface area contributed by atoms with Crippen LogP contribution in [0.15, 0.2) is 45.6 Å². The molecular weight excluding hydrogens is 422 g/mol. The number of carbonyl (C=O) groups excluding carboxylic acids is 1. The van der Waals surface area contributed by atoms with Crippen LogP contribution in [0.4, 0.5) is 11.6 Å². The van der Waals surface area contributed by atoms with Crippen LogP contribution in [-0.4, -0.2) is 46.2 Å². The van der Waals surface area contributed by atoms with Crippen LogP contribution in [0.2, 0.25) is 0 Å². The molecule has 5 rings (SSSR count). The van der Waals surface area contributed by atoms with Crippen LogP contribution in [0.3, 0.4) is 0 Å². The standard InChI is InChI=1S/C24H25N5O4/c1-3-8-29-22-19(23(31)27(2)24(29)32)20(30)18(26-22)14-16-13-15-6-4-5-7-17(15)25-21(16)28-9-11-33-12-10-28/h4-7,13-14,26H,3,8-12H2,1-2H3/b18-14-. The van der Waals surface area contributed by atoms with Crippen LogP contribution < -0.4 is 21.5 Å². The molecule has 1 fully saturated rings. The molecule has 2 aliphatic rings. The van der Waals surface area contributed by atoms with E-state index in [9.17, 15) is 14.4 Å². The largest absolute Gasteiger partial charge is 0.378 e. The number of nitrogens with zero attached hydrogens (tertiary/aromatic N) is 4. The van der Waals surface area contributed by atoms with Crippen molar-refractivity contribution in [2.24, 2.45) is 7.05 Å². The number of benzene rings is 1. The molecule has 0 bridgehead atoms. The molecule has 0 amide bonds. The van der Waals surface area contributed by atoms with Crippen molar-refractivity contribution in [2.75, 3.05) is 36.5 Å². The van der Waals surface area contributed by atoms with Gasteiger partial charge in [0.25, 0.3) is 5.56 Å². The molecule has 1 aromatic carbocycles. The van der Waals surface area contributed by atoms with Crippen molar-refractivity contribution in [1.29, 1.82) is 0 Å². The summed E-state index contributed by atoms with van der Waals surface area (Å²) in [6, 6.07) is 9.81. The van der Waals surface area contributed by atoms with Crippen LogP contribution in [-0.2, 0) is 18.3 Å². The summed E-state index contributed by atoms with van der Waals surface area (Å²) in [4.78, 5) is 45.7. The van der Waals surface area contributed by atoms with Gasteiger partial charge >= 0.3 is 5.69 Å². The van der Waals surface area contributed by atoms with Crippen molar-refractivity contribution in [1.82, 2.24) is 14.1 Å². The Morgan fingerprint density at radius 2 is 1.91 bits per heavy atom. The predicted octanol–water partition coefficient (Wildman–Crippen LogP) is 1.99. The molecule has 2 aliphatic heterocycles. The third-order valence-electron chi connectivity index (χ3n) is 6.06. The number of nitrogens with one attached hydrogen (secondary N) is 1. The monoisotopic (exact) mass is 447 g/mol. The van der Waals surface area contributed by atoms with Gasteiger partial charge in [0.2, 0.25) is 5.78 Å².